The molecule has 5 nitrogen and oxygen atoms in total. The average molecular weight is 268 g/mol. The summed E-state index contributed by atoms with van der Waals surface area (Å²) in [5.41, 5.74) is 0.821. The molecule has 0 saturated heterocycles. The molecule has 0 aromatic carbocycles. The van der Waals surface area contributed by atoms with E-state index in [-0.39, 0.29) is 5.91 Å². The van der Waals surface area contributed by atoms with E-state index in [0.717, 1.165) is 5.69 Å². The van der Waals surface area contributed by atoms with Crippen molar-refractivity contribution in [3.05, 3.63) is 41.1 Å². The minimum Gasteiger partial charge on any atom is -0.459 e. The quantitative estimate of drug-likeness (QED) is 0.855. The molecule has 2 aromatic rings. The molecular weight excluding hydrogens is 254 g/mol. The van der Waals surface area contributed by atoms with Crippen LogP contribution >= 0.6 is 11.6 Å². The SMILES string of the molecule is CCn1ncc(Cl)c1CN(C)C(=O)c1ccco1. The van der Waals surface area contributed by atoms with Crippen LogP contribution in [0.25, 0.3) is 0 Å². The monoisotopic (exact) mass is 267 g/mol. The minimum absolute atomic E-state index is 0.181. The summed E-state index contributed by atoms with van der Waals surface area (Å²) in [6.07, 6.45) is 3.07. The zero-order valence-corrected chi connectivity index (χ0v) is 11.0. The minimum atomic E-state index is -0.181. The Morgan fingerprint density at radius 2 is 2.39 bits per heavy atom. The molecule has 0 N–H and O–H groups in total. The van der Waals surface area contributed by atoms with Gasteiger partial charge in [0.25, 0.3) is 5.91 Å². The van der Waals surface area contributed by atoms with Gasteiger partial charge in [-0.2, -0.15) is 5.10 Å². The Labute approximate surface area is 110 Å². The van der Waals surface area contributed by atoms with E-state index in [1.165, 1.54) is 6.26 Å². The molecule has 0 aliphatic rings. The number of carbonyl (C=O) groups excluding carboxylic acids is 1. The molecule has 1 amide bonds. The Balaban J connectivity index is 2.14. The third kappa shape index (κ3) is 2.41. The molecule has 2 rings (SSSR count). The predicted octanol–water partition coefficient (Wildman–Crippen LogP) is 2.42. The molecule has 2 heterocycles. The first-order valence-corrected chi connectivity index (χ1v) is 6.00. The van der Waals surface area contributed by atoms with Crippen LogP contribution in [-0.2, 0) is 13.1 Å². The summed E-state index contributed by atoms with van der Waals surface area (Å²) in [5.74, 6) is 0.135. The predicted molar refractivity (Wildman–Crippen MR) is 67.4 cm³/mol. The van der Waals surface area contributed by atoms with Gasteiger partial charge in [0.15, 0.2) is 5.76 Å². The van der Waals surface area contributed by atoms with Crippen LogP contribution < -0.4 is 0 Å². The van der Waals surface area contributed by atoms with Crippen molar-refractivity contribution in [1.82, 2.24) is 14.7 Å². The molecule has 0 radical (unpaired) electrons. The van der Waals surface area contributed by atoms with Crippen LogP contribution in [0.2, 0.25) is 5.02 Å². The van der Waals surface area contributed by atoms with Crippen molar-refractivity contribution < 1.29 is 9.21 Å². The number of aromatic nitrogens is 2. The van der Waals surface area contributed by atoms with Gasteiger partial charge in [0, 0.05) is 13.6 Å². The molecule has 96 valence electrons. The maximum Gasteiger partial charge on any atom is 0.289 e. The second-order valence-corrected chi connectivity index (χ2v) is 4.30. The third-order valence-corrected chi connectivity index (χ3v) is 2.98. The van der Waals surface area contributed by atoms with Crippen LogP contribution in [0.1, 0.15) is 23.2 Å². The summed E-state index contributed by atoms with van der Waals surface area (Å²) < 4.78 is 6.85. The van der Waals surface area contributed by atoms with E-state index in [4.69, 9.17) is 16.0 Å². The summed E-state index contributed by atoms with van der Waals surface area (Å²) in [6.45, 7) is 3.08. The number of amides is 1. The Bertz CT molecular complexity index is 534. The molecule has 0 bridgehead atoms. The van der Waals surface area contributed by atoms with E-state index in [1.807, 2.05) is 6.92 Å². The van der Waals surface area contributed by atoms with Gasteiger partial charge in [0.2, 0.25) is 0 Å². The first kappa shape index (κ1) is 12.7. The molecule has 0 saturated carbocycles. The molecule has 0 unspecified atom stereocenters. The van der Waals surface area contributed by atoms with Crippen LogP contribution in [0.15, 0.2) is 29.0 Å². The van der Waals surface area contributed by atoms with Crippen molar-refractivity contribution in [1.29, 1.82) is 0 Å². The lowest BCUT2D eigenvalue weighted by molar-refractivity contribution is 0.0750. The number of furan rings is 1. The number of aryl methyl sites for hydroxylation is 1. The van der Waals surface area contributed by atoms with Crippen LogP contribution in [0, 0.1) is 0 Å². The van der Waals surface area contributed by atoms with Gasteiger partial charge < -0.3 is 9.32 Å². The smallest absolute Gasteiger partial charge is 0.289 e. The Kier molecular flexibility index (Phi) is 3.72. The van der Waals surface area contributed by atoms with Crippen LogP contribution in [0.4, 0.5) is 0 Å². The molecule has 0 atom stereocenters. The molecule has 0 aliphatic heterocycles. The van der Waals surface area contributed by atoms with Crippen molar-refractivity contribution in [3.63, 3.8) is 0 Å². The fraction of sp³-hybridized carbons (Fsp3) is 0.333. The highest BCUT2D eigenvalue weighted by Crippen LogP contribution is 2.17. The van der Waals surface area contributed by atoms with Crippen LogP contribution in [-0.4, -0.2) is 27.6 Å². The van der Waals surface area contributed by atoms with Crippen LogP contribution in [0.3, 0.4) is 0 Å². The van der Waals surface area contributed by atoms with Gasteiger partial charge in [0.05, 0.1) is 29.7 Å². The summed E-state index contributed by atoms with van der Waals surface area (Å²) in [7, 11) is 1.70. The molecule has 2 aromatic heterocycles. The highest BCUT2D eigenvalue weighted by atomic mass is 35.5. The fourth-order valence-electron chi connectivity index (χ4n) is 1.70. The zero-order chi connectivity index (χ0) is 13.1. The second-order valence-electron chi connectivity index (χ2n) is 3.89. The number of hydrogen-bond donors (Lipinski definition) is 0. The first-order chi connectivity index (χ1) is 8.63. The number of rotatable bonds is 4. The molecular formula is C12H14ClN3O2. The van der Waals surface area contributed by atoms with Crippen molar-refractivity contribution >= 4 is 17.5 Å². The fourth-order valence-corrected chi connectivity index (χ4v) is 1.90. The summed E-state index contributed by atoms with van der Waals surface area (Å²) in [6, 6.07) is 3.32. The maximum atomic E-state index is 12.0. The van der Waals surface area contributed by atoms with Crippen molar-refractivity contribution in [2.75, 3.05) is 7.05 Å². The van der Waals surface area contributed by atoms with Gasteiger partial charge in [-0.3, -0.25) is 9.48 Å². The highest BCUT2D eigenvalue weighted by molar-refractivity contribution is 6.31. The van der Waals surface area contributed by atoms with E-state index in [0.29, 0.717) is 23.9 Å². The van der Waals surface area contributed by atoms with Gasteiger partial charge in [0.1, 0.15) is 0 Å². The van der Waals surface area contributed by atoms with Crippen molar-refractivity contribution in [2.24, 2.45) is 0 Å². The maximum absolute atomic E-state index is 12.0. The third-order valence-electron chi connectivity index (χ3n) is 2.66. The summed E-state index contributed by atoms with van der Waals surface area (Å²) >= 11 is 6.05. The number of nitrogens with zero attached hydrogens (tertiary/aromatic N) is 3. The molecule has 6 heteroatoms. The molecule has 18 heavy (non-hydrogen) atoms. The number of halogens is 1. The topological polar surface area (TPSA) is 51.3 Å². The first-order valence-electron chi connectivity index (χ1n) is 5.62. The summed E-state index contributed by atoms with van der Waals surface area (Å²) in [4.78, 5) is 13.6. The van der Waals surface area contributed by atoms with Gasteiger partial charge in [-0.1, -0.05) is 11.6 Å². The van der Waals surface area contributed by atoms with Gasteiger partial charge in [-0.15, -0.1) is 0 Å². The Morgan fingerprint density at radius 3 is 3.00 bits per heavy atom. The van der Waals surface area contributed by atoms with E-state index < -0.39 is 0 Å². The molecule has 0 spiro atoms. The van der Waals surface area contributed by atoms with Crippen LogP contribution in [0.5, 0.6) is 0 Å². The van der Waals surface area contributed by atoms with Crippen molar-refractivity contribution in [3.8, 4) is 0 Å². The van der Waals surface area contributed by atoms with Crippen molar-refractivity contribution in [2.45, 2.75) is 20.0 Å². The van der Waals surface area contributed by atoms with E-state index in [2.05, 4.69) is 5.10 Å². The number of carbonyl (C=O) groups is 1. The van der Waals surface area contributed by atoms with E-state index >= 15 is 0 Å². The standard InChI is InChI=1S/C12H14ClN3O2/c1-3-16-10(9(13)7-14-16)8-15(2)12(17)11-5-4-6-18-11/h4-7H,3,8H2,1-2H3. The van der Waals surface area contributed by atoms with Gasteiger partial charge in [-0.25, -0.2) is 0 Å². The summed E-state index contributed by atoms with van der Waals surface area (Å²) in [5, 5.41) is 4.70. The Morgan fingerprint density at radius 1 is 1.61 bits per heavy atom. The second kappa shape index (κ2) is 5.27. The van der Waals surface area contributed by atoms with E-state index in [1.54, 1.807) is 35.0 Å². The largest absolute Gasteiger partial charge is 0.459 e. The lowest BCUT2D eigenvalue weighted by atomic mass is 10.3. The highest BCUT2D eigenvalue weighted by Gasteiger charge is 2.17. The van der Waals surface area contributed by atoms with E-state index in [9.17, 15) is 4.79 Å². The molecule has 0 aliphatic carbocycles. The van der Waals surface area contributed by atoms with Gasteiger partial charge in [-0.05, 0) is 19.1 Å². The average Bonchev–Trinajstić information content (AvgIpc) is 2.99. The van der Waals surface area contributed by atoms with Gasteiger partial charge >= 0.3 is 0 Å². The Hall–Kier alpha value is -1.75. The number of hydrogen-bond acceptors (Lipinski definition) is 3. The normalized spacial score (nSPS) is 10.6. The lowest BCUT2D eigenvalue weighted by Crippen LogP contribution is -2.27. The lowest BCUT2D eigenvalue weighted by Gasteiger charge is -2.16. The zero-order valence-electron chi connectivity index (χ0n) is 10.3. The molecule has 0 fully saturated rings.